The molecule has 0 unspecified atom stereocenters. The van der Waals surface area contributed by atoms with Gasteiger partial charge < -0.3 is 15.2 Å². The van der Waals surface area contributed by atoms with Crippen molar-refractivity contribution in [3.05, 3.63) is 12.2 Å². The van der Waals surface area contributed by atoms with Crippen LogP contribution in [0.1, 0.15) is 25.7 Å². The summed E-state index contributed by atoms with van der Waals surface area (Å²) < 4.78 is 4.88. The Morgan fingerprint density at radius 3 is 2.94 bits per heavy atom. The molecule has 0 fully saturated rings. The molecule has 6 nitrogen and oxygen atoms in total. The Morgan fingerprint density at radius 2 is 2.22 bits per heavy atom. The number of rotatable bonds is 2. The van der Waals surface area contributed by atoms with Gasteiger partial charge in [0.05, 0.1) is 18.9 Å². The smallest absolute Gasteiger partial charge is 0.306 e. The molecule has 2 N–H and O–H groups in total. The maximum atomic E-state index is 11.7. The summed E-state index contributed by atoms with van der Waals surface area (Å²) >= 11 is 0. The van der Waals surface area contributed by atoms with Crippen molar-refractivity contribution in [2.45, 2.75) is 25.7 Å². The van der Waals surface area contributed by atoms with E-state index in [4.69, 9.17) is 9.84 Å². The summed E-state index contributed by atoms with van der Waals surface area (Å²) in [6.45, 7) is 0.332. The maximum Gasteiger partial charge on any atom is 0.306 e. The van der Waals surface area contributed by atoms with Crippen LogP contribution in [-0.4, -0.2) is 36.1 Å². The average Bonchev–Trinajstić information content (AvgIpc) is 2.30. The van der Waals surface area contributed by atoms with E-state index < -0.39 is 11.9 Å². The first-order valence-corrected chi connectivity index (χ1v) is 5.89. The van der Waals surface area contributed by atoms with Crippen LogP contribution in [0, 0.1) is 5.92 Å². The van der Waals surface area contributed by atoms with Crippen LogP contribution in [-0.2, 0) is 19.1 Å². The summed E-state index contributed by atoms with van der Waals surface area (Å²) in [5.41, 5.74) is 0. The fourth-order valence-electron chi connectivity index (χ4n) is 1.63. The van der Waals surface area contributed by atoms with E-state index in [1.807, 2.05) is 0 Å². The third-order valence-corrected chi connectivity index (χ3v) is 2.56. The SMILES string of the molecule is O=C(O)C[C@@H]1CC=CCCC(=O)OCCNC1=O. The number of hydrogen-bond donors (Lipinski definition) is 2. The summed E-state index contributed by atoms with van der Waals surface area (Å²) in [7, 11) is 0. The number of carbonyl (C=O) groups excluding carboxylic acids is 2. The fourth-order valence-corrected chi connectivity index (χ4v) is 1.63. The van der Waals surface area contributed by atoms with Gasteiger partial charge in [0.1, 0.15) is 6.61 Å². The van der Waals surface area contributed by atoms with Crippen LogP contribution in [0.15, 0.2) is 12.2 Å². The van der Waals surface area contributed by atoms with Crippen molar-refractivity contribution >= 4 is 17.8 Å². The van der Waals surface area contributed by atoms with Crippen molar-refractivity contribution in [1.82, 2.24) is 5.32 Å². The Bertz CT molecular complexity index is 350. The molecule has 0 bridgehead atoms. The van der Waals surface area contributed by atoms with Gasteiger partial charge in [0, 0.05) is 6.42 Å². The quantitative estimate of drug-likeness (QED) is 0.553. The first-order valence-electron chi connectivity index (χ1n) is 5.89. The minimum Gasteiger partial charge on any atom is -0.481 e. The highest BCUT2D eigenvalue weighted by Crippen LogP contribution is 2.11. The molecule has 18 heavy (non-hydrogen) atoms. The van der Waals surface area contributed by atoms with Gasteiger partial charge in [-0.05, 0) is 12.8 Å². The maximum absolute atomic E-state index is 11.7. The van der Waals surface area contributed by atoms with E-state index >= 15 is 0 Å². The molecule has 0 aliphatic carbocycles. The molecule has 100 valence electrons. The van der Waals surface area contributed by atoms with Crippen LogP contribution in [0.2, 0.25) is 0 Å². The predicted molar refractivity (Wildman–Crippen MR) is 62.7 cm³/mol. The Hall–Kier alpha value is -1.85. The predicted octanol–water partition coefficient (Wildman–Crippen LogP) is 0.477. The van der Waals surface area contributed by atoms with Crippen LogP contribution >= 0.6 is 0 Å². The van der Waals surface area contributed by atoms with Crippen LogP contribution in [0.4, 0.5) is 0 Å². The molecule has 0 saturated carbocycles. The molecule has 1 heterocycles. The number of hydrogen-bond acceptors (Lipinski definition) is 4. The number of carboxylic acids is 1. The Balaban J connectivity index is 2.61. The molecule has 0 radical (unpaired) electrons. The van der Waals surface area contributed by atoms with E-state index in [-0.39, 0.29) is 31.4 Å². The lowest BCUT2D eigenvalue weighted by Crippen LogP contribution is -2.34. The molecule has 1 atom stereocenters. The first kappa shape index (κ1) is 14.2. The Labute approximate surface area is 105 Å². The normalized spacial score (nSPS) is 22.3. The zero-order valence-corrected chi connectivity index (χ0v) is 10.1. The highest BCUT2D eigenvalue weighted by atomic mass is 16.5. The highest BCUT2D eigenvalue weighted by Gasteiger charge is 2.20. The third kappa shape index (κ3) is 5.47. The van der Waals surface area contributed by atoms with Gasteiger partial charge in [-0.1, -0.05) is 12.2 Å². The minimum atomic E-state index is -0.998. The Morgan fingerprint density at radius 1 is 1.44 bits per heavy atom. The summed E-state index contributed by atoms with van der Waals surface area (Å²) in [6, 6.07) is 0. The lowest BCUT2D eigenvalue weighted by molar-refractivity contribution is -0.144. The van der Waals surface area contributed by atoms with Crippen molar-refractivity contribution in [3.63, 3.8) is 0 Å². The number of ether oxygens (including phenoxy) is 1. The molecule has 1 rings (SSSR count). The van der Waals surface area contributed by atoms with E-state index in [9.17, 15) is 14.4 Å². The van der Waals surface area contributed by atoms with Crippen LogP contribution < -0.4 is 5.32 Å². The summed E-state index contributed by atoms with van der Waals surface area (Å²) in [5.74, 6) is -2.19. The van der Waals surface area contributed by atoms with Gasteiger partial charge in [0.2, 0.25) is 5.91 Å². The van der Waals surface area contributed by atoms with Crippen molar-refractivity contribution in [3.8, 4) is 0 Å². The average molecular weight is 255 g/mol. The van der Waals surface area contributed by atoms with Gasteiger partial charge in [-0.2, -0.15) is 0 Å². The van der Waals surface area contributed by atoms with E-state index in [2.05, 4.69) is 5.32 Å². The number of amides is 1. The monoisotopic (exact) mass is 255 g/mol. The second kappa shape index (κ2) is 7.47. The van der Waals surface area contributed by atoms with Gasteiger partial charge >= 0.3 is 11.9 Å². The standard InChI is InChI=1S/C12H17NO5/c14-10(15)8-9-4-2-1-3-5-11(16)18-7-6-13-12(9)17/h1-2,9H,3-8H2,(H,13,17)(H,14,15)/t9-/m0/s1. The Kier molecular flexibility index (Phi) is 5.90. The van der Waals surface area contributed by atoms with Crippen molar-refractivity contribution in [1.29, 1.82) is 0 Å². The molecular formula is C12H17NO5. The van der Waals surface area contributed by atoms with Gasteiger partial charge in [0.15, 0.2) is 0 Å². The molecule has 1 aliphatic heterocycles. The number of allylic oxidation sites excluding steroid dienone is 2. The minimum absolute atomic E-state index is 0.119. The number of carbonyl (C=O) groups is 3. The lowest BCUT2D eigenvalue weighted by Gasteiger charge is -2.14. The van der Waals surface area contributed by atoms with Crippen molar-refractivity contribution in [2.75, 3.05) is 13.2 Å². The van der Waals surface area contributed by atoms with E-state index in [0.29, 0.717) is 19.3 Å². The number of cyclic esters (lactones) is 1. The second-order valence-electron chi connectivity index (χ2n) is 4.05. The highest BCUT2D eigenvalue weighted by molar-refractivity contribution is 5.83. The number of esters is 1. The van der Waals surface area contributed by atoms with Crippen LogP contribution in [0.5, 0.6) is 0 Å². The molecule has 0 spiro atoms. The molecule has 1 aliphatic rings. The number of nitrogens with one attached hydrogen (secondary N) is 1. The van der Waals surface area contributed by atoms with E-state index in [0.717, 1.165) is 0 Å². The van der Waals surface area contributed by atoms with Gasteiger partial charge in [-0.25, -0.2) is 0 Å². The second-order valence-corrected chi connectivity index (χ2v) is 4.05. The first-order chi connectivity index (χ1) is 8.59. The molecule has 0 saturated heterocycles. The summed E-state index contributed by atoms with van der Waals surface area (Å²) in [5, 5.41) is 11.3. The van der Waals surface area contributed by atoms with E-state index in [1.54, 1.807) is 12.2 Å². The van der Waals surface area contributed by atoms with Crippen LogP contribution in [0.25, 0.3) is 0 Å². The molecular weight excluding hydrogens is 238 g/mol. The van der Waals surface area contributed by atoms with Gasteiger partial charge in [-0.3, -0.25) is 14.4 Å². The van der Waals surface area contributed by atoms with Gasteiger partial charge in [-0.15, -0.1) is 0 Å². The largest absolute Gasteiger partial charge is 0.481 e. The zero-order valence-electron chi connectivity index (χ0n) is 10.1. The molecule has 6 heteroatoms. The zero-order chi connectivity index (χ0) is 13.4. The third-order valence-electron chi connectivity index (χ3n) is 2.56. The molecule has 0 aromatic carbocycles. The molecule has 0 aromatic rings. The lowest BCUT2D eigenvalue weighted by atomic mass is 10.00. The van der Waals surface area contributed by atoms with E-state index in [1.165, 1.54) is 0 Å². The van der Waals surface area contributed by atoms with Crippen LogP contribution in [0.3, 0.4) is 0 Å². The molecule has 0 aromatic heterocycles. The topological polar surface area (TPSA) is 92.7 Å². The van der Waals surface area contributed by atoms with Gasteiger partial charge in [0.25, 0.3) is 0 Å². The molecule has 1 amide bonds. The number of aliphatic carboxylic acids is 1. The fraction of sp³-hybridized carbons (Fsp3) is 0.583. The van der Waals surface area contributed by atoms with Crippen molar-refractivity contribution < 1.29 is 24.2 Å². The summed E-state index contributed by atoms with van der Waals surface area (Å²) in [6.07, 6.45) is 4.52. The van der Waals surface area contributed by atoms with Crippen molar-refractivity contribution in [2.24, 2.45) is 5.92 Å². The summed E-state index contributed by atoms with van der Waals surface area (Å²) in [4.78, 5) is 33.5. The number of carboxylic acid groups (broad SMARTS) is 1.